The molecule has 1 aromatic carbocycles. The fourth-order valence-corrected chi connectivity index (χ4v) is 2.06. The third-order valence-corrected chi connectivity index (χ3v) is 3.32. The lowest BCUT2D eigenvalue weighted by molar-refractivity contribution is 0.105. The van der Waals surface area contributed by atoms with Crippen molar-refractivity contribution < 1.29 is 10.2 Å². The lowest BCUT2D eigenvalue weighted by Gasteiger charge is -2.10. The lowest BCUT2D eigenvalue weighted by Crippen LogP contribution is -2.22. The van der Waals surface area contributed by atoms with Gasteiger partial charge in [0.15, 0.2) is 11.6 Å². The summed E-state index contributed by atoms with van der Waals surface area (Å²) in [6, 6.07) is 11.3. The van der Waals surface area contributed by atoms with E-state index in [0.717, 1.165) is 16.8 Å². The first-order valence-corrected chi connectivity index (χ1v) is 7.22. The molecule has 7 heteroatoms. The van der Waals surface area contributed by atoms with Gasteiger partial charge < -0.3 is 15.5 Å². The fourth-order valence-electron chi connectivity index (χ4n) is 2.06. The van der Waals surface area contributed by atoms with Gasteiger partial charge in [-0.25, -0.2) is 4.98 Å². The Morgan fingerprint density at radius 2 is 1.96 bits per heavy atom. The van der Waals surface area contributed by atoms with Crippen molar-refractivity contribution in [1.29, 1.82) is 0 Å². The Bertz CT molecular complexity index is 743. The number of aromatic amines is 1. The summed E-state index contributed by atoms with van der Waals surface area (Å²) < 4.78 is 0. The Labute approximate surface area is 133 Å². The van der Waals surface area contributed by atoms with E-state index >= 15 is 0 Å². The first-order chi connectivity index (χ1) is 11.3. The van der Waals surface area contributed by atoms with Gasteiger partial charge in [0.05, 0.1) is 12.7 Å². The monoisotopic (exact) mass is 311 g/mol. The maximum Gasteiger partial charge on any atom is 0.183 e. The molecule has 0 aliphatic heterocycles. The van der Waals surface area contributed by atoms with Crippen LogP contribution < -0.4 is 5.32 Å². The summed E-state index contributed by atoms with van der Waals surface area (Å²) in [5.41, 5.74) is 2.61. The molecule has 0 aliphatic carbocycles. The van der Waals surface area contributed by atoms with E-state index in [-0.39, 0.29) is 6.61 Å². The molecule has 0 amide bonds. The fraction of sp³-hybridized carbons (Fsp3) is 0.188. The highest BCUT2D eigenvalue weighted by Gasteiger charge is 2.08. The number of H-pyrrole nitrogens is 1. The molecular formula is C16H17N5O2. The third-order valence-electron chi connectivity index (χ3n) is 3.32. The molecule has 0 saturated heterocycles. The second-order valence-corrected chi connectivity index (χ2v) is 5.04. The number of nitrogens with zero attached hydrogens (tertiary/aromatic N) is 3. The van der Waals surface area contributed by atoms with Crippen LogP contribution in [0.5, 0.6) is 0 Å². The van der Waals surface area contributed by atoms with Gasteiger partial charge in [0.25, 0.3) is 0 Å². The molecule has 118 valence electrons. The van der Waals surface area contributed by atoms with Crippen LogP contribution >= 0.6 is 0 Å². The molecule has 3 rings (SSSR count). The van der Waals surface area contributed by atoms with Crippen LogP contribution in [-0.2, 0) is 0 Å². The normalized spacial score (nSPS) is 12.1. The van der Waals surface area contributed by atoms with Gasteiger partial charge in [0.2, 0.25) is 0 Å². The number of nitrogens with one attached hydrogen (secondary N) is 2. The molecule has 0 spiro atoms. The van der Waals surface area contributed by atoms with Crippen LogP contribution in [0, 0.1) is 0 Å². The van der Waals surface area contributed by atoms with Crippen molar-refractivity contribution in [2.75, 3.05) is 18.5 Å². The molecule has 0 radical (unpaired) electrons. The maximum absolute atomic E-state index is 9.32. The van der Waals surface area contributed by atoms with Gasteiger partial charge in [0.1, 0.15) is 0 Å². The van der Waals surface area contributed by atoms with Crippen molar-refractivity contribution in [3.63, 3.8) is 0 Å². The Hall–Kier alpha value is -2.77. The number of aliphatic hydroxyl groups is 2. The van der Waals surface area contributed by atoms with Crippen molar-refractivity contribution in [2.24, 2.45) is 0 Å². The Kier molecular flexibility index (Phi) is 4.60. The van der Waals surface area contributed by atoms with Gasteiger partial charge >= 0.3 is 0 Å². The average Bonchev–Trinajstić information content (AvgIpc) is 3.11. The van der Waals surface area contributed by atoms with Crippen molar-refractivity contribution in [3.05, 3.63) is 48.8 Å². The molecule has 1 atom stereocenters. The Morgan fingerprint density at radius 3 is 2.65 bits per heavy atom. The summed E-state index contributed by atoms with van der Waals surface area (Å²) in [5, 5.41) is 28.3. The summed E-state index contributed by atoms with van der Waals surface area (Å²) in [4.78, 5) is 8.52. The average molecular weight is 311 g/mol. The standard InChI is InChI=1S/C16H17N5O2/c22-10-14(23)9-18-13-5-3-11(4-6-13)15-19-16(21-20-15)12-2-1-7-17-8-12/h1-8,14,18,22-23H,9-10H2,(H,19,20,21). The van der Waals surface area contributed by atoms with Gasteiger partial charge in [-0.05, 0) is 36.4 Å². The van der Waals surface area contributed by atoms with Crippen LogP contribution in [0.2, 0.25) is 0 Å². The van der Waals surface area contributed by atoms with Crippen molar-refractivity contribution in [1.82, 2.24) is 20.2 Å². The summed E-state index contributed by atoms with van der Waals surface area (Å²) in [5.74, 6) is 1.27. The second kappa shape index (κ2) is 6.99. The number of hydrogen-bond donors (Lipinski definition) is 4. The summed E-state index contributed by atoms with van der Waals surface area (Å²) >= 11 is 0. The molecule has 4 N–H and O–H groups in total. The minimum Gasteiger partial charge on any atom is -0.394 e. The van der Waals surface area contributed by atoms with Crippen LogP contribution in [0.15, 0.2) is 48.8 Å². The Balaban J connectivity index is 1.71. The van der Waals surface area contributed by atoms with E-state index in [1.165, 1.54) is 0 Å². The summed E-state index contributed by atoms with van der Waals surface area (Å²) in [7, 11) is 0. The maximum atomic E-state index is 9.32. The van der Waals surface area contributed by atoms with E-state index in [1.807, 2.05) is 36.4 Å². The minimum atomic E-state index is -0.772. The van der Waals surface area contributed by atoms with Crippen LogP contribution in [-0.4, -0.2) is 49.6 Å². The van der Waals surface area contributed by atoms with Gasteiger partial charge in [-0.15, -0.1) is 0 Å². The molecule has 23 heavy (non-hydrogen) atoms. The quantitative estimate of drug-likeness (QED) is 0.546. The number of aromatic nitrogens is 4. The molecule has 0 fully saturated rings. The number of hydrogen-bond acceptors (Lipinski definition) is 6. The molecule has 7 nitrogen and oxygen atoms in total. The topological polar surface area (TPSA) is 107 Å². The van der Waals surface area contributed by atoms with Crippen molar-refractivity contribution in [3.8, 4) is 22.8 Å². The number of benzene rings is 1. The zero-order valence-corrected chi connectivity index (χ0v) is 12.3. The smallest absolute Gasteiger partial charge is 0.183 e. The Morgan fingerprint density at radius 1 is 1.13 bits per heavy atom. The summed E-state index contributed by atoms with van der Waals surface area (Å²) in [6.07, 6.45) is 2.65. The lowest BCUT2D eigenvalue weighted by atomic mass is 10.2. The van der Waals surface area contributed by atoms with Crippen molar-refractivity contribution in [2.45, 2.75) is 6.10 Å². The van der Waals surface area contributed by atoms with E-state index in [2.05, 4.69) is 25.5 Å². The second-order valence-electron chi connectivity index (χ2n) is 5.04. The molecule has 0 bridgehead atoms. The third kappa shape index (κ3) is 3.71. The van der Waals surface area contributed by atoms with Crippen LogP contribution in [0.25, 0.3) is 22.8 Å². The molecule has 2 heterocycles. The number of rotatable bonds is 6. The highest BCUT2D eigenvalue weighted by molar-refractivity contribution is 5.62. The molecule has 0 saturated carbocycles. The number of anilines is 1. The van der Waals surface area contributed by atoms with Crippen LogP contribution in [0.1, 0.15) is 0 Å². The molecule has 3 aromatic rings. The highest BCUT2D eigenvalue weighted by atomic mass is 16.3. The van der Waals surface area contributed by atoms with E-state index in [9.17, 15) is 5.11 Å². The van der Waals surface area contributed by atoms with Gasteiger partial charge in [-0.3, -0.25) is 10.1 Å². The minimum absolute atomic E-state index is 0.264. The zero-order valence-electron chi connectivity index (χ0n) is 12.3. The molecular weight excluding hydrogens is 294 g/mol. The van der Waals surface area contributed by atoms with Gasteiger partial charge in [0, 0.05) is 35.8 Å². The van der Waals surface area contributed by atoms with E-state index in [0.29, 0.717) is 18.2 Å². The molecule has 0 aliphatic rings. The predicted octanol–water partition coefficient (Wildman–Crippen LogP) is 1.30. The largest absolute Gasteiger partial charge is 0.394 e. The highest BCUT2D eigenvalue weighted by Crippen LogP contribution is 2.21. The van der Waals surface area contributed by atoms with E-state index in [4.69, 9.17) is 5.11 Å². The molecule has 1 unspecified atom stereocenters. The number of pyridine rings is 1. The number of aliphatic hydroxyl groups excluding tert-OH is 2. The van der Waals surface area contributed by atoms with E-state index in [1.54, 1.807) is 12.4 Å². The summed E-state index contributed by atoms with van der Waals surface area (Å²) in [6.45, 7) is 0.0313. The first kappa shape index (κ1) is 15.1. The van der Waals surface area contributed by atoms with Crippen LogP contribution in [0.4, 0.5) is 5.69 Å². The zero-order chi connectivity index (χ0) is 16.1. The van der Waals surface area contributed by atoms with Gasteiger partial charge in [-0.1, -0.05) is 0 Å². The van der Waals surface area contributed by atoms with E-state index < -0.39 is 6.10 Å². The van der Waals surface area contributed by atoms with Crippen LogP contribution in [0.3, 0.4) is 0 Å². The van der Waals surface area contributed by atoms with Crippen molar-refractivity contribution >= 4 is 5.69 Å². The first-order valence-electron chi connectivity index (χ1n) is 7.22. The SMILES string of the molecule is OCC(O)CNc1ccc(-c2nc(-c3cccnc3)n[nH]2)cc1. The van der Waals surface area contributed by atoms with Gasteiger partial charge in [-0.2, -0.15) is 5.10 Å². The predicted molar refractivity (Wildman–Crippen MR) is 86.6 cm³/mol. The molecule has 2 aromatic heterocycles.